The van der Waals surface area contributed by atoms with Crippen molar-refractivity contribution in [2.45, 2.75) is 11.8 Å². The summed E-state index contributed by atoms with van der Waals surface area (Å²) in [7, 11) is 1.76. The molecule has 0 aliphatic carbocycles. The molecule has 0 bridgehead atoms. The smallest absolute Gasteiger partial charge is 0.255 e. The number of carbonyl (C=O) groups is 1. The van der Waals surface area contributed by atoms with Crippen LogP contribution < -0.4 is 0 Å². The van der Waals surface area contributed by atoms with Gasteiger partial charge in [-0.25, -0.2) is 0 Å². The van der Waals surface area contributed by atoms with E-state index in [4.69, 9.17) is 11.6 Å². The largest absolute Gasteiger partial charge is 0.341 e. The van der Waals surface area contributed by atoms with Crippen molar-refractivity contribution in [1.82, 2.24) is 4.90 Å². The van der Waals surface area contributed by atoms with Gasteiger partial charge in [-0.05, 0) is 18.2 Å². The van der Waals surface area contributed by atoms with Gasteiger partial charge in [0.1, 0.15) is 0 Å². The molecule has 2 nitrogen and oxygen atoms in total. The Morgan fingerprint density at radius 3 is 2.69 bits per heavy atom. The third-order valence-electron chi connectivity index (χ3n) is 2.03. The minimum atomic E-state index is -0.0659. The number of halogens is 3. The molecule has 0 fully saturated rings. The first-order chi connectivity index (χ1) is 7.41. The van der Waals surface area contributed by atoms with E-state index in [1.54, 1.807) is 24.1 Å². The van der Waals surface area contributed by atoms with Gasteiger partial charge in [-0.1, -0.05) is 50.4 Å². The SMILES string of the molecule is CC(Br)CN(C)C(=O)c1ccc(Br)cc1Cl. The van der Waals surface area contributed by atoms with Gasteiger partial charge in [0, 0.05) is 22.9 Å². The average Bonchev–Trinajstić information content (AvgIpc) is 2.15. The Morgan fingerprint density at radius 2 is 2.19 bits per heavy atom. The highest BCUT2D eigenvalue weighted by Gasteiger charge is 2.16. The minimum absolute atomic E-state index is 0.0659. The maximum Gasteiger partial charge on any atom is 0.255 e. The summed E-state index contributed by atoms with van der Waals surface area (Å²) >= 11 is 12.7. The van der Waals surface area contributed by atoms with Gasteiger partial charge in [-0.3, -0.25) is 4.79 Å². The second kappa shape index (κ2) is 6.03. The van der Waals surface area contributed by atoms with Crippen molar-refractivity contribution in [2.75, 3.05) is 13.6 Å². The monoisotopic (exact) mass is 367 g/mol. The van der Waals surface area contributed by atoms with Gasteiger partial charge < -0.3 is 4.90 Å². The first-order valence-corrected chi connectivity index (χ1v) is 6.85. The number of benzene rings is 1. The molecule has 0 aliphatic rings. The first-order valence-electron chi connectivity index (χ1n) is 4.76. The molecule has 0 N–H and O–H groups in total. The molecule has 1 amide bonds. The van der Waals surface area contributed by atoms with Gasteiger partial charge in [0.05, 0.1) is 10.6 Å². The summed E-state index contributed by atoms with van der Waals surface area (Å²) in [6.45, 7) is 2.64. The maximum atomic E-state index is 12.0. The third-order valence-corrected chi connectivity index (χ3v) is 3.13. The molecule has 0 aromatic heterocycles. The van der Waals surface area contributed by atoms with Crippen LogP contribution in [0.4, 0.5) is 0 Å². The second-order valence-corrected chi connectivity index (χ2v) is 6.48. The zero-order chi connectivity index (χ0) is 12.3. The molecule has 1 aromatic carbocycles. The predicted molar refractivity (Wildman–Crippen MR) is 74.5 cm³/mol. The van der Waals surface area contributed by atoms with Gasteiger partial charge >= 0.3 is 0 Å². The van der Waals surface area contributed by atoms with Crippen LogP contribution in [-0.4, -0.2) is 29.2 Å². The van der Waals surface area contributed by atoms with Crippen molar-refractivity contribution in [3.8, 4) is 0 Å². The Bertz CT molecular complexity index is 396. The number of carbonyl (C=O) groups excluding carboxylic acids is 1. The van der Waals surface area contributed by atoms with Gasteiger partial charge in [0.2, 0.25) is 0 Å². The van der Waals surface area contributed by atoms with E-state index in [9.17, 15) is 4.79 Å². The topological polar surface area (TPSA) is 20.3 Å². The number of alkyl halides is 1. The van der Waals surface area contributed by atoms with Crippen LogP contribution in [0.15, 0.2) is 22.7 Å². The van der Waals surface area contributed by atoms with E-state index >= 15 is 0 Å². The molecule has 0 saturated heterocycles. The maximum absolute atomic E-state index is 12.0. The molecule has 1 rings (SSSR count). The molecule has 0 saturated carbocycles. The lowest BCUT2D eigenvalue weighted by molar-refractivity contribution is 0.0797. The Kier molecular flexibility index (Phi) is 5.28. The zero-order valence-corrected chi connectivity index (χ0v) is 12.9. The number of nitrogens with zero attached hydrogens (tertiary/aromatic N) is 1. The van der Waals surface area contributed by atoms with Crippen LogP contribution >= 0.6 is 43.5 Å². The number of hydrogen-bond donors (Lipinski definition) is 0. The highest BCUT2D eigenvalue weighted by molar-refractivity contribution is 9.10. The molecular weight excluding hydrogens is 357 g/mol. The number of amides is 1. The Morgan fingerprint density at radius 1 is 1.56 bits per heavy atom. The van der Waals surface area contributed by atoms with Crippen LogP contribution in [0.2, 0.25) is 5.02 Å². The lowest BCUT2D eigenvalue weighted by Gasteiger charge is -2.19. The second-order valence-electron chi connectivity index (χ2n) is 3.59. The highest BCUT2D eigenvalue weighted by atomic mass is 79.9. The van der Waals surface area contributed by atoms with E-state index in [0.29, 0.717) is 17.1 Å². The summed E-state index contributed by atoms with van der Waals surface area (Å²) in [5.74, 6) is -0.0659. The van der Waals surface area contributed by atoms with E-state index in [1.807, 2.05) is 13.0 Å². The van der Waals surface area contributed by atoms with Crippen LogP contribution in [-0.2, 0) is 0 Å². The standard InChI is InChI=1S/C11H12Br2ClNO/c1-7(12)6-15(2)11(16)9-4-3-8(13)5-10(9)14/h3-5,7H,6H2,1-2H3. The molecule has 0 heterocycles. The van der Waals surface area contributed by atoms with Crippen molar-refractivity contribution in [1.29, 1.82) is 0 Å². The Labute approximate surface area is 117 Å². The van der Waals surface area contributed by atoms with Crippen LogP contribution in [0.25, 0.3) is 0 Å². The van der Waals surface area contributed by atoms with Crippen LogP contribution in [0.3, 0.4) is 0 Å². The zero-order valence-electron chi connectivity index (χ0n) is 9.01. The summed E-state index contributed by atoms with van der Waals surface area (Å²) < 4.78 is 0.866. The Hall–Kier alpha value is -0.0600. The number of hydrogen-bond acceptors (Lipinski definition) is 1. The highest BCUT2D eigenvalue weighted by Crippen LogP contribution is 2.22. The summed E-state index contributed by atoms with van der Waals surface area (Å²) in [5.41, 5.74) is 0.528. The third kappa shape index (κ3) is 3.75. The summed E-state index contributed by atoms with van der Waals surface area (Å²) in [4.78, 5) is 13.9. The van der Waals surface area contributed by atoms with E-state index in [1.165, 1.54) is 0 Å². The summed E-state index contributed by atoms with van der Waals surface area (Å²) in [6, 6.07) is 5.26. The van der Waals surface area contributed by atoms with E-state index in [-0.39, 0.29) is 10.7 Å². The van der Waals surface area contributed by atoms with Gasteiger partial charge in [-0.2, -0.15) is 0 Å². The van der Waals surface area contributed by atoms with Gasteiger partial charge in [0.25, 0.3) is 5.91 Å². The molecule has 0 radical (unpaired) electrons. The fourth-order valence-electron chi connectivity index (χ4n) is 1.33. The van der Waals surface area contributed by atoms with Gasteiger partial charge in [-0.15, -0.1) is 0 Å². The molecular formula is C11H12Br2ClNO. The number of rotatable bonds is 3. The molecule has 16 heavy (non-hydrogen) atoms. The van der Waals surface area contributed by atoms with Crippen LogP contribution in [0.1, 0.15) is 17.3 Å². The molecule has 1 aromatic rings. The predicted octanol–water partition coefficient (Wildman–Crippen LogP) is 3.96. The molecule has 1 unspecified atom stereocenters. The molecule has 0 aliphatic heterocycles. The molecule has 5 heteroatoms. The molecule has 1 atom stereocenters. The lowest BCUT2D eigenvalue weighted by Crippen LogP contribution is -2.31. The minimum Gasteiger partial charge on any atom is -0.341 e. The van der Waals surface area contributed by atoms with Crippen molar-refractivity contribution >= 4 is 49.4 Å². The quantitative estimate of drug-likeness (QED) is 0.739. The summed E-state index contributed by atoms with van der Waals surface area (Å²) in [6.07, 6.45) is 0. The van der Waals surface area contributed by atoms with Crippen LogP contribution in [0, 0.1) is 0 Å². The fourth-order valence-corrected chi connectivity index (χ4v) is 2.52. The Balaban J connectivity index is 2.88. The fraction of sp³-hybridized carbons (Fsp3) is 0.364. The van der Waals surface area contributed by atoms with Gasteiger partial charge in [0.15, 0.2) is 0 Å². The molecule has 0 spiro atoms. The van der Waals surface area contributed by atoms with E-state index < -0.39 is 0 Å². The van der Waals surface area contributed by atoms with Crippen molar-refractivity contribution in [2.24, 2.45) is 0 Å². The first kappa shape index (κ1) is 14.0. The lowest BCUT2D eigenvalue weighted by atomic mass is 10.2. The van der Waals surface area contributed by atoms with Crippen molar-refractivity contribution < 1.29 is 4.79 Å². The van der Waals surface area contributed by atoms with Crippen molar-refractivity contribution in [3.63, 3.8) is 0 Å². The molecule has 88 valence electrons. The van der Waals surface area contributed by atoms with E-state index in [0.717, 1.165) is 4.47 Å². The van der Waals surface area contributed by atoms with E-state index in [2.05, 4.69) is 31.9 Å². The summed E-state index contributed by atoms with van der Waals surface area (Å²) in [5, 5.41) is 0.466. The average molecular weight is 369 g/mol. The normalized spacial score (nSPS) is 12.3. The van der Waals surface area contributed by atoms with Crippen LogP contribution in [0.5, 0.6) is 0 Å². The van der Waals surface area contributed by atoms with Crippen molar-refractivity contribution in [3.05, 3.63) is 33.3 Å².